The molecule has 0 amide bonds. The van der Waals surface area contributed by atoms with Gasteiger partial charge < -0.3 is 14.8 Å². The molecule has 5 heteroatoms. The molecule has 1 aliphatic heterocycles. The average Bonchev–Trinajstić information content (AvgIpc) is 3.18. The molecule has 5 nitrogen and oxygen atoms in total. The Morgan fingerprint density at radius 3 is 2.74 bits per heavy atom. The summed E-state index contributed by atoms with van der Waals surface area (Å²) in [5.74, 6) is 1.65. The van der Waals surface area contributed by atoms with E-state index in [1.54, 1.807) is 0 Å². The Balaban J connectivity index is 1.60. The third kappa shape index (κ3) is 5.12. The third-order valence-electron chi connectivity index (χ3n) is 5.59. The fourth-order valence-corrected chi connectivity index (χ4v) is 3.96. The summed E-state index contributed by atoms with van der Waals surface area (Å²) in [7, 11) is 1.89. The number of hydrogen-bond donors (Lipinski definition) is 1. The van der Waals surface area contributed by atoms with Crippen molar-refractivity contribution in [1.29, 1.82) is 0 Å². The van der Waals surface area contributed by atoms with Gasteiger partial charge in [0, 0.05) is 39.1 Å². The van der Waals surface area contributed by atoms with Crippen LogP contribution < -0.4 is 5.32 Å². The number of rotatable bonds is 5. The number of nitrogens with zero attached hydrogens (tertiary/aromatic N) is 4. The molecule has 3 rings (SSSR count). The molecule has 0 spiro atoms. The predicted octanol–water partition coefficient (Wildman–Crippen LogP) is 3.61. The summed E-state index contributed by atoms with van der Waals surface area (Å²) in [5, 5.41) is 3.63. The van der Waals surface area contributed by atoms with Crippen LogP contribution in [0.5, 0.6) is 0 Å². The largest absolute Gasteiger partial charge is 0.356 e. The molecule has 0 aliphatic carbocycles. The van der Waals surface area contributed by atoms with Crippen LogP contribution in [0.1, 0.15) is 38.8 Å². The highest BCUT2D eigenvalue weighted by molar-refractivity contribution is 5.80. The summed E-state index contributed by atoms with van der Waals surface area (Å²) in [6.45, 7) is 9.87. The van der Waals surface area contributed by atoms with Crippen LogP contribution >= 0.6 is 0 Å². The van der Waals surface area contributed by atoms with Crippen LogP contribution in [-0.2, 0) is 6.42 Å². The number of aromatic nitrogens is 2. The molecule has 27 heavy (non-hydrogen) atoms. The number of guanidine groups is 1. The SMILES string of the molecule is CN=C(NCC(C)(C)Cc1ccccc1)N1CCC(C)C(n2ccnc2)C1. The summed E-state index contributed by atoms with van der Waals surface area (Å²) in [4.78, 5) is 11.2. The van der Waals surface area contributed by atoms with Crippen molar-refractivity contribution in [2.75, 3.05) is 26.7 Å². The topological polar surface area (TPSA) is 45.5 Å². The first-order valence-corrected chi connectivity index (χ1v) is 9.95. The van der Waals surface area contributed by atoms with Gasteiger partial charge in [0.15, 0.2) is 5.96 Å². The number of hydrogen-bond acceptors (Lipinski definition) is 2. The van der Waals surface area contributed by atoms with E-state index in [-0.39, 0.29) is 5.41 Å². The second-order valence-electron chi connectivity index (χ2n) is 8.52. The van der Waals surface area contributed by atoms with Gasteiger partial charge in [-0.3, -0.25) is 4.99 Å². The van der Waals surface area contributed by atoms with Gasteiger partial charge in [0.2, 0.25) is 0 Å². The molecule has 1 N–H and O–H groups in total. The molecule has 1 saturated heterocycles. The van der Waals surface area contributed by atoms with Crippen LogP contribution in [0.2, 0.25) is 0 Å². The number of imidazole rings is 1. The van der Waals surface area contributed by atoms with Crippen molar-refractivity contribution in [1.82, 2.24) is 19.8 Å². The van der Waals surface area contributed by atoms with Gasteiger partial charge in [0.05, 0.1) is 12.4 Å². The molecule has 2 unspecified atom stereocenters. The number of nitrogens with one attached hydrogen (secondary N) is 1. The fourth-order valence-electron chi connectivity index (χ4n) is 3.96. The van der Waals surface area contributed by atoms with Gasteiger partial charge in [0.1, 0.15) is 0 Å². The highest BCUT2D eigenvalue weighted by atomic mass is 15.3. The lowest BCUT2D eigenvalue weighted by Crippen LogP contribution is -2.50. The molecule has 2 heterocycles. The van der Waals surface area contributed by atoms with Crippen molar-refractivity contribution in [3.8, 4) is 0 Å². The maximum Gasteiger partial charge on any atom is 0.193 e. The maximum absolute atomic E-state index is 4.57. The van der Waals surface area contributed by atoms with E-state index in [1.807, 2.05) is 19.6 Å². The smallest absolute Gasteiger partial charge is 0.193 e. The Labute approximate surface area is 163 Å². The molecular formula is C22H33N5. The van der Waals surface area contributed by atoms with Gasteiger partial charge >= 0.3 is 0 Å². The van der Waals surface area contributed by atoms with Crippen LogP contribution in [0.4, 0.5) is 0 Å². The van der Waals surface area contributed by atoms with Gasteiger partial charge in [-0.1, -0.05) is 51.1 Å². The van der Waals surface area contributed by atoms with Crippen molar-refractivity contribution in [2.24, 2.45) is 16.3 Å². The van der Waals surface area contributed by atoms with E-state index >= 15 is 0 Å². The summed E-state index contributed by atoms with van der Waals surface area (Å²) < 4.78 is 2.24. The monoisotopic (exact) mass is 367 g/mol. The lowest BCUT2D eigenvalue weighted by Gasteiger charge is -2.40. The minimum atomic E-state index is 0.157. The van der Waals surface area contributed by atoms with E-state index in [0.29, 0.717) is 12.0 Å². The van der Waals surface area contributed by atoms with Crippen molar-refractivity contribution in [2.45, 2.75) is 39.7 Å². The average molecular weight is 368 g/mol. The van der Waals surface area contributed by atoms with Gasteiger partial charge in [-0.15, -0.1) is 0 Å². The van der Waals surface area contributed by atoms with Crippen molar-refractivity contribution >= 4 is 5.96 Å². The van der Waals surface area contributed by atoms with Gasteiger partial charge in [-0.2, -0.15) is 0 Å². The lowest BCUT2D eigenvalue weighted by atomic mass is 9.85. The zero-order chi connectivity index (χ0) is 19.3. The Morgan fingerprint density at radius 1 is 1.30 bits per heavy atom. The van der Waals surface area contributed by atoms with Crippen molar-refractivity contribution in [3.05, 3.63) is 54.6 Å². The molecule has 2 atom stereocenters. The molecule has 0 radical (unpaired) electrons. The fraction of sp³-hybridized carbons (Fsp3) is 0.545. The van der Waals surface area contributed by atoms with E-state index in [4.69, 9.17) is 0 Å². The first kappa shape index (κ1) is 19.5. The summed E-state index contributed by atoms with van der Waals surface area (Å²) in [5.41, 5.74) is 1.54. The number of likely N-dealkylation sites (tertiary alicyclic amines) is 1. The maximum atomic E-state index is 4.57. The summed E-state index contributed by atoms with van der Waals surface area (Å²) >= 11 is 0. The van der Waals surface area contributed by atoms with E-state index < -0.39 is 0 Å². The Hall–Kier alpha value is -2.30. The lowest BCUT2D eigenvalue weighted by molar-refractivity contribution is 0.187. The predicted molar refractivity (Wildman–Crippen MR) is 112 cm³/mol. The molecule has 0 saturated carbocycles. The highest BCUT2D eigenvalue weighted by Crippen LogP contribution is 2.27. The molecule has 0 bridgehead atoms. The minimum absolute atomic E-state index is 0.157. The second-order valence-corrected chi connectivity index (χ2v) is 8.52. The standard InChI is InChI=1S/C22H33N5/c1-18-10-12-26(15-20(18)27-13-11-24-17-27)21(23-4)25-16-22(2,3)14-19-8-6-5-7-9-19/h5-9,11,13,17-18,20H,10,12,14-16H2,1-4H3,(H,23,25). The molecule has 146 valence electrons. The van der Waals surface area contributed by atoms with Gasteiger partial charge in [-0.05, 0) is 29.7 Å². The summed E-state index contributed by atoms with van der Waals surface area (Å²) in [6, 6.07) is 11.2. The Bertz CT molecular complexity index is 720. The molecule has 1 aliphatic rings. The van der Waals surface area contributed by atoms with Crippen LogP contribution in [0, 0.1) is 11.3 Å². The first-order chi connectivity index (χ1) is 13.0. The zero-order valence-electron chi connectivity index (χ0n) is 17.1. The summed E-state index contributed by atoms with van der Waals surface area (Å²) in [6.07, 6.45) is 8.09. The second kappa shape index (κ2) is 8.59. The Morgan fingerprint density at radius 2 is 2.07 bits per heavy atom. The molecule has 1 aromatic heterocycles. The Kier molecular flexibility index (Phi) is 6.19. The van der Waals surface area contributed by atoms with Crippen molar-refractivity contribution in [3.63, 3.8) is 0 Å². The highest BCUT2D eigenvalue weighted by Gasteiger charge is 2.29. The van der Waals surface area contributed by atoms with Gasteiger partial charge in [0.25, 0.3) is 0 Å². The molecular weight excluding hydrogens is 334 g/mol. The van der Waals surface area contributed by atoms with Crippen LogP contribution in [0.3, 0.4) is 0 Å². The van der Waals surface area contributed by atoms with E-state index in [9.17, 15) is 0 Å². The normalized spacial score (nSPS) is 21.3. The number of piperidine rings is 1. The molecule has 1 aromatic carbocycles. The van der Waals surface area contributed by atoms with E-state index in [2.05, 4.69) is 82.1 Å². The zero-order valence-corrected chi connectivity index (χ0v) is 17.1. The molecule has 1 fully saturated rings. The van der Waals surface area contributed by atoms with E-state index in [1.165, 1.54) is 5.56 Å². The third-order valence-corrected chi connectivity index (χ3v) is 5.59. The minimum Gasteiger partial charge on any atom is -0.356 e. The van der Waals surface area contributed by atoms with Crippen LogP contribution in [0.15, 0.2) is 54.0 Å². The number of aliphatic imine (C=N–C) groups is 1. The van der Waals surface area contributed by atoms with Crippen LogP contribution in [0.25, 0.3) is 0 Å². The van der Waals surface area contributed by atoms with E-state index in [0.717, 1.165) is 38.4 Å². The van der Waals surface area contributed by atoms with Gasteiger partial charge in [-0.25, -0.2) is 4.98 Å². The number of benzene rings is 1. The molecule has 2 aromatic rings. The van der Waals surface area contributed by atoms with Crippen LogP contribution in [-0.4, -0.2) is 47.1 Å². The quantitative estimate of drug-likeness (QED) is 0.649. The first-order valence-electron chi connectivity index (χ1n) is 9.95. The van der Waals surface area contributed by atoms with Crippen molar-refractivity contribution < 1.29 is 0 Å².